The summed E-state index contributed by atoms with van der Waals surface area (Å²) in [5.74, 6) is 0.336. The van der Waals surface area contributed by atoms with Crippen molar-refractivity contribution in [2.75, 3.05) is 5.73 Å². The first-order chi connectivity index (χ1) is 7.70. The highest BCUT2D eigenvalue weighted by molar-refractivity contribution is 6.29. The lowest BCUT2D eigenvalue weighted by molar-refractivity contribution is 1.05. The van der Waals surface area contributed by atoms with Gasteiger partial charge >= 0.3 is 0 Å². The molecule has 0 aliphatic rings. The number of hydrogen-bond acceptors (Lipinski definition) is 4. The Morgan fingerprint density at radius 1 is 1.19 bits per heavy atom. The first-order valence-corrected chi connectivity index (χ1v) is 5.39. The molecular weight excluding hydrogens is 199 g/mol. The van der Waals surface area contributed by atoms with Gasteiger partial charge in [-0.15, -0.1) is 0 Å². The zero-order chi connectivity index (χ0) is 12.1. The minimum absolute atomic E-state index is 0.182. The van der Waals surface area contributed by atoms with Crippen molar-refractivity contribution >= 4 is 30.4 Å². The molecule has 4 nitrogen and oxygen atoms in total. The average Bonchev–Trinajstić information content (AvgIpc) is 2.31. The number of nitrogen functional groups attached to an aromatic ring is 1. The molecule has 0 aliphatic carbocycles. The minimum Gasteiger partial charge on any atom is -0.382 e. The summed E-state index contributed by atoms with van der Waals surface area (Å²) in [6.45, 7) is 6.03. The number of pyridine rings is 1. The second-order valence-corrected chi connectivity index (χ2v) is 2.99. The summed E-state index contributed by atoms with van der Waals surface area (Å²) < 4.78 is 0. The summed E-state index contributed by atoms with van der Waals surface area (Å²) in [4.78, 5) is 12.2. The third-order valence-electron chi connectivity index (χ3n) is 2.01. The molecule has 2 aromatic rings. The van der Waals surface area contributed by atoms with Crippen molar-refractivity contribution in [1.82, 2.24) is 15.0 Å². The van der Waals surface area contributed by atoms with Crippen LogP contribution in [0.5, 0.6) is 0 Å². The van der Waals surface area contributed by atoms with E-state index in [-0.39, 0.29) is 5.72 Å². The fourth-order valence-electron chi connectivity index (χ4n) is 1.29. The van der Waals surface area contributed by atoms with E-state index in [1.165, 1.54) is 0 Å². The SMILES string of the molecule is CC.[B]c1nc(N)c2nc(CC)ccc2n1. The monoisotopic (exact) mass is 214 g/mol. The van der Waals surface area contributed by atoms with Crippen LogP contribution in [-0.2, 0) is 6.42 Å². The van der Waals surface area contributed by atoms with E-state index in [1.54, 1.807) is 0 Å². The number of anilines is 1. The van der Waals surface area contributed by atoms with E-state index in [1.807, 2.05) is 32.9 Å². The number of nitrogens with two attached hydrogens (primary N) is 1. The van der Waals surface area contributed by atoms with Crippen LogP contribution in [0.4, 0.5) is 5.82 Å². The highest BCUT2D eigenvalue weighted by Crippen LogP contribution is 2.13. The summed E-state index contributed by atoms with van der Waals surface area (Å²) in [6, 6.07) is 3.77. The van der Waals surface area contributed by atoms with Gasteiger partial charge in [0.2, 0.25) is 0 Å². The number of rotatable bonds is 1. The fourth-order valence-corrected chi connectivity index (χ4v) is 1.29. The normalized spacial score (nSPS) is 9.69. The Kier molecular flexibility index (Phi) is 4.23. The van der Waals surface area contributed by atoms with Crippen molar-refractivity contribution < 1.29 is 0 Å². The maximum Gasteiger partial charge on any atom is 0.170 e. The molecule has 16 heavy (non-hydrogen) atoms. The quantitative estimate of drug-likeness (QED) is 0.719. The summed E-state index contributed by atoms with van der Waals surface area (Å²) in [7, 11) is 5.47. The van der Waals surface area contributed by atoms with E-state index in [4.69, 9.17) is 13.6 Å². The predicted octanol–water partition coefficient (Wildman–Crippen LogP) is 0.989. The molecule has 0 aliphatic heterocycles. The van der Waals surface area contributed by atoms with Gasteiger partial charge in [0.1, 0.15) is 5.52 Å². The summed E-state index contributed by atoms with van der Waals surface area (Å²) >= 11 is 0. The molecule has 0 bridgehead atoms. The highest BCUT2D eigenvalue weighted by Gasteiger charge is 2.04. The van der Waals surface area contributed by atoms with Crippen molar-refractivity contribution in [3.8, 4) is 0 Å². The molecule has 2 N–H and O–H groups in total. The zero-order valence-corrected chi connectivity index (χ0v) is 9.86. The topological polar surface area (TPSA) is 64.7 Å². The molecule has 2 heterocycles. The van der Waals surface area contributed by atoms with Crippen LogP contribution in [0, 0.1) is 0 Å². The molecule has 82 valence electrons. The lowest BCUT2D eigenvalue weighted by Crippen LogP contribution is -2.16. The Morgan fingerprint density at radius 3 is 2.50 bits per heavy atom. The Morgan fingerprint density at radius 2 is 1.88 bits per heavy atom. The van der Waals surface area contributed by atoms with Crippen molar-refractivity contribution in [2.24, 2.45) is 0 Å². The summed E-state index contributed by atoms with van der Waals surface area (Å²) in [5.41, 5.74) is 8.15. The summed E-state index contributed by atoms with van der Waals surface area (Å²) in [5, 5.41) is 0. The van der Waals surface area contributed by atoms with Crippen molar-refractivity contribution in [3.05, 3.63) is 17.8 Å². The maximum atomic E-state index is 5.69. The van der Waals surface area contributed by atoms with Crippen LogP contribution in [0.1, 0.15) is 26.5 Å². The number of hydrogen-bond donors (Lipinski definition) is 1. The first-order valence-electron chi connectivity index (χ1n) is 5.39. The molecule has 0 unspecified atom stereocenters. The molecule has 2 aromatic heterocycles. The maximum absolute atomic E-state index is 5.69. The van der Waals surface area contributed by atoms with E-state index in [2.05, 4.69) is 15.0 Å². The molecule has 0 saturated heterocycles. The van der Waals surface area contributed by atoms with Gasteiger partial charge in [0, 0.05) is 5.69 Å². The Bertz CT molecular complexity index is 485. The van der Waals surface area contributed by atoms with Gasteiger partial charge in [0.15, 0.2) is 13.7 Å². The van der Waals surface area contributed by atoms with Crippen molar-refractivity contribution in [2.45, 2.75) is 27.2 Å². The molecule has 0 atom stereocenters. The molecule has 2 rings (SSSR count). The van der Waals surface area contributed by atoms with Gasteiger partial charge in [-0.1, -0.05) is 20.8 Å². The molecule has 2 radical (unpaired) electrons. The third-order valence-corrected chi connectivity index (χ3v) is 2.01. The van der Waals surface area contributed by atoms with E-state index < -0.39 is 0 Å². The van der Waals surface area contributed by atoms with Crippen molar-refractivity contribution in [1.29, 1.82) is 0 Å². The van der Waals surface area contributed by atoms with E-state index in [0.29, 0.717) is 16.9 Å². The second kappa shape index (κ2) is 5.44. The third kappa shape index (κ3) is 2.48. The van der Waals surface area contributed by atoms with Crippen LogP contribution in [0.2, 0.25) is 0 Å². The molecular formula is C11H15BN4. The van der Waals surface area contributed by atoms with E-state index in [9.17, 15) is 0 Å². The number of fused-ring (bicyclic) bond motifs is 1. The average molecular weight is 214 g/mol. The Hall–Kier alpha value is -1.65. The predicted molar refractivity (Wildman–Crippen MR) is 67.9 cm³/mol. The van der Waals surface area contributed by atoms with Gasteiger partial charge < -0.3 is 5.73 Å². The molecule has 0 aromatic carbocycles. The lowest BCUT2D eigenvalue weighted by Gasteiger charge is -2.03. The van der Waals surface area contributed by atoms with Crippen molar-refractivity contribution in [3.63, 3.8) is 0 Å². The van der Waals surface area contributed by atoms with Crippen LogP contribution >= 0.6 is 0 Å². The molecule has 0 saturated carbocycles. The smallest absolute Gasteiger partial charge is 0.170 e. The standard InChI is InChI=1S/C9H9BN4.C2H6/c1-2-5-3-4-6-7(12-5)8(11)14-9(10)13-6;1-2/h3-4H,2H2,1H3,(H2,11,13,14);1-2H3. The number of nitrogens with zero attached hydrogens (tertiary/aromatic N) is 3. The molecule has 0 spiro atoms. The van der Waals surface area contributed by atoms with Crippen LogP contribution < -0.4 is 11.5 Å². The van der Waals surface area contributed by atoms with Crippen LogP contribution in [0.15, 0.2) is 12.1 Å². The second-order valence-electron chi connectivity index (χ2n) is 2.99. The largest absolute Gasteiger partial charge is 0.382 e. The fraction of sp³-hybridized carbons (Fsp3) is 0.364. The van der Waals surface area contributed by atoms with E-state index in [0.717, 1.165) is 12.1 Å². The first kappa shape index (κ1) is 12.4. The highest BCUT2D eigenvalue weighted by atomic mass is 15.0. The van der Waals surface area contributed by atoms with Gasteiger partial charge in [-0.05, 0) is 18.6 Å². The summed E-state index contributed by atoms with van der Waals surface area (Å²) in [6.07, 6.45) is 0.861. The van der Waals surface area contributed by atoms with Gasteiger partial charge in [-0.2, -0.15) is 0 Å². The molecule has 5 heteroatoms. The van der Waals surface area contributed by atoms with Gasteiger partial charge in [0.25, 0.3) is 0 Å². The van der Waals surface area contributed by atoms with Gasteiger partial charge in [-0.25, -0.2) is 15.0 Å². The Labute approximate surface area is 96.7 Å². The van der Waals surface area contributed by atoms with Crippen LogP contribution in [0.25, 0.3) is 11.0 Å². The minimum atomic E-state index is 0.182. The van der Waals surface area contributed by atoms with Crippen LogP contribution in [-0.4, -0.2) is 22.8 Å². The van der Waals surface area contributed by atoms with Gasteiger partial charge in [0.05, 0.1) is 11.2 Å². The molecule has 0 fully saturated rings. The van der Waals surface area contributed by atoms with Gasteiger partial charge in [-0.3, -0.25) is 0 Å². The zero-order valence-electron chi connectivity index (χ0n) is 9.86. The number of aromatic nitrogens is 3. The Balaban J connectivity index is 0.000000606. The van der Waals surface area contributed by atoms with Crippen LogP contribution in [0.3, 0.4) is 0 Å². The van der Waals surface area contributed by atoms with E-state index >= 15 is 0 Å². The molecule has 0 amide bonds. The number of aryl methyl sites for hydroxylation is 1. The lowest BCUT2D eigenvalue weighted by atomic mass is 10.1.